The molecule has 1 aromatic rings. The quantitative estimate of drug-likeness (QED) is 0.763. The van der Waals surface area contributed by atoms with E-state index in [2.05, 4.69) is 5.32 Å². The lowest BCUT2D eigenvalue weighted by molar-refractivity contribution is -0.137. The molecule has 0 aromatic heterocycles. The molecule has 1 N–H and O–H groups in total. The number of nitrogens with one attached hydrogen (secondary N) is 1. The zero-order chi connectivity index (χ0) is 15.2. The zero-order valence-electron chi connectivity index (χ0n) is 12.2. The molecule has 0 spiro atoms. The summed E-state index contributed by atoms with van der Waals surface area (Å²) < 4.78 is 43.3. The van der Waals surface area contributed by atoms with Gasteiger partial charge in [0.2, 0.25) is 0 Å². The number of hydrogen-bond donors (Lipinski definition) is 1. The summed E-state index contributed by atoms with van der Waals surface area (Å²) in [6.07, 6.45) is -3.55. The van der Waals surface area contributed by atoms with Gasteiger partial charge >= 0.3 is 6.18 Å². The Morgan fingerprint density at radius 2 is 1.95 bits per heavy atom. The van der Waals surface area contributed by atoms with Crippen molar-refractivity contribution in [2.75, 3.05) is 19.8 Å². The number of alkyl halides is 3. The maximum atomic E-state index is 12.7. The van der Waals surface area contributed by atoms with Gasteiger partial charge < -0.3 is 10.1 Å². The Bertz CT molecular complexity index is 418. The van der Waals surface area contributed by atoms with Gasteiger partial charge in [0.1, 0.15) is 0 Å². The van der Waals surface area contributed by atoms with Gasteiger partial charge in [-0.15, -0.1) is 0 Å². The van der Waals surface area contributed by atoms with Gasteiger partial charge in [0.15, 0.2) is 0 Å². The number of benzene rings is 1. The van der Waals surface area contributed by atoms with E-state index < -0.39 is 11.7 Å². The largest absolute Gasteiger partial charge is 0.416 e. The van der Waals surface area contributed by atoms with Crippen molar-refractivity contribution in [2.45, 2.75) is 39.4 Å². The number of ether oxygens (including phenoxy) is 1. The van der Waals surface area contributed by atoms with Crippen LogP contribution in [-0.4, -0.2) is 19.8 Å². The van der Waals surface area contributed by atoms with E-state index in [1.807, 2.05) is 13.8 Å². The van der Waals surface area contributed by atoms with Crippen LogP contribution in [0.2, 0.25) is 0 Å². The third kappa shape index (κ3) is 4.80. The molecule has 1 aromatic carbocycles. The van der Waals surface area contributed by atoms with Gasteiger partial charge in [0.05, 0.1) is 5.56 Å². The highest BCUT2D eigenvalue weighted by Crippen LogP contribution is 2.32. The molecular formula is C15H22F3NO. The Labute approximate surface area is 118 Å². The maximum absolute atomic E-state index is 12.7. The van der Waals surface area contributed by atoms with Gasteiger partial charge in [-0.05, 0) is 50.1 Å². The van der Waals surface area contributed by atoms with Gasteiger partial charge in [-0.3, -0.25) is 0 Å². The first-order valence-corrected chi connectivity index (χ1v) is 6.89. The summed E-state index contributed by atoms with van der Waals surface area (Å²) in [4.78, 5) is 0. The van der Waals surface area contributed by atoms with E-state index in [1.165, 1.54) is 6.07 Å². The van der Waals surface area contributed by atoms with Crippen molar-refractivity contribution in [3.63, 3.8) is 0 Å². The van der Waals surface area contributed by atoms with E-state index >= 15 is 0 Å². The van der Waals surface area contributed by atoms with Crippen LogP contribution in [0.1, 0.15) is 43.0 Å². The predicted octanol–water partition coefficient (Wildman–Crippen LogP) is 4.09. The van der Waals surface area contributed by atoms with Crippen LogP contribution in [0.25, 0.3) is 0 Å². The molecule has 2 nitrogen and oxygen atoms in total. The van der Waals surface area contributed by atoms with E-state index in [0.717, 1.165) is 24.6 Å². The minimum absolute atomic E-state index is 0.0221. The lowest BCUT2D eigenvalue weighted by Gasteiger charge is -2.21. The van der Waals surface area contributed by atoms with Crippen molar-refractivity contribution in [1.29, 1.82) is 0 Å². The predicted molar refractivity (Wildman–Crippen MR) is 73.7 cm³/mol. The van der Waals surface area contributed by atoms with E-state index in [4.69, 9.17) is 4.74 Å². The van der Waals surface area contributed by atoms with Crippen LogP contribution in [0.4, 0.5) is 13.2 Å². The molecule has 0 radical (unpaired) electrons. The lowest BCUT2D eigenvalue weighted by atomic mass is 9.96. The van der Waals surface area contributed by atoms with Gasteiger partial charge in [-0.1, -0.05) is 13.0 Å². The fourth-order valence-electron chi connectivity index (χ4n) is 2.20. The van der Waals surface area contributed by atoms with Crippen molar-refractivity contribution in [2.24, 2.45) is 0 Å². The molecule has 1 rings (SSSR count). The van der Waals surface area contributed by atoms with Crippen molar-refractivity contribution >= 4 is 0 Å². The van der Waals surface area contributed by atoms with Crippen LogP contribution >= 0.6 is 0 Å². The first kappa shape index (κ1) is 17.0. The fraction of sp³-hybridized carbons (Fsp3) is 0.600. The van der Waals surface area contributed by atoms with Crippen LogP contribution in [-0.2, 0) is 10.9 Å². The molecule has 5 heteroatoms. The molecule has 0 aliphatic rings. The molecule has 0 fully saturated rings. The number of rotatable bonds is 7. The normalized spacial score (nSPS) is 13.5. The third-order valence-electron chi connectivity index (χ3n) is 3.18. The highest BCUT2D eigenvalue weighted by molar-refractivity contribution is 5.34. The van der Waals surface area contributed by atoms with E-state index in [-0.39, 0.29) is 6.04 Å². The van der Waals surface area contributed by atoms with Gasteiger partial charge in [0.25, 0.3) is 0 Å². The average molecular weight is 289 g/mol. The summed E-state index contributed by atoms with van der Waals surface area (Å²) in [5, 5.41) is 3.30. The molecule has 0 heterocycles. The van der Waals surface area contributed by atoms with E-state index in [0.29, 0.717) is 18.8 Å². The van der Waals surface area contributed by atoms with Crippen LogP contribution in [0.3, 0.4) is 0 Å². The van der Waals surface area contributed by atoms with E-state index in [1.54, 1.807) is 13.0 Å². The standard InChI is InChI=1S/C15H22F3NO/c1-4-19-14(8-9-20-5-2)13-7-6-12(10-11(13)3)15(16,17)18/h6-7,10,14,19H,4-5,8-9H2,1-3H3. The van der Waals surface area contributed by atoms with Crippen LogP contribution in [0.15, 0.2) is 18.2 Å². The Morgan fingerprint density at radius 3 is 2.45 bits per heavy atom. The zero-order valence-corrected chi connectivity index (χ0v) is 12.2. The monoisotopic (exact) mass is 289 g/mol. The summed E-state index contributed by atoms with van der Waals surface area (Å²) >= 11 is 0. The smallest absolute Gasteiger partial charge is 0.382 e. The highest BCUT2D eigenvalue weighted by atomic mass is 19.4. The minimum atomic E-state index is -4.29. The molecule has 1 atom stereocenters. The molecule has 0 saturated carbocycles. The van der Waals surface area contributed by atoms with Crippen molar-refractivity contribution in [3.05, 3.63) is 34.9 Å². The second kappa shape index (κ2) is 7.64. The number of hydrogen-bond acceptors (Lipinski definition) is 2. The van der Waals surface area contributed by atoms with Crippen LogP contribution in [0.5, 0.6) is 0 Å². The first-order chi connectivity index (χ1) is 9.40. The molecule has 0 aliphatic heterocycles. The Balaban J connectivity index is 2.90. The molecular weight excluding hydrogens is 267 g/mol. The van der Waals surface area contributed by atoms with Crippen LogP contribution in [0, 0.1) is 6.92 Å². The molecule has 1 unspecified atom stereocenters. The second-order valence-electron chi connectivity index (χ2n) is 4.66. The Hall–Kier alpha value is -1.07. The SMILES string of the molecule is CCNC(CCOCC)c1ccc(C(F)(F)F)cc1C. The van der Waals surface area contributed by atoms with Gasteiger partial charge in [0, 0.05) is 19.3 Å². The second-order valence-corrected chi connectivity index (χ2v) is 4.66. The van der Waals surface area contributed by atoms with Crippen molar-refractivity contribution < 1.29 is 17.9 Å². The van der Waals surface area contributed by atoms with Gasteiger partial charge in [-0.25, -0.2) is 0 Å². The molecule has 0 aliphatic carbocycles. The molecule has 20 heavy (non-hydrogen) atoms. The molecule has 0 saturated heterocycles. The van der Waals surface area contributed by atoms with Crippen molar-refractivity contribution in [1.82, 2.24) is 5.32 Å². The topological polar surface area (TPSA) is 21.3 Å². The van der Waals surface area contributed by atoms with Crippen molar-refractivity contribution in [3.8, 4) is 0 Å². The number of halogens is 3. The Kier molecular flexibility index (Phi) is 6.49. The summed E-state index contributed by atoms with van der Waals surface area (Å²) in [6.45, 7) is 7.62. The minimum Gasteiger partial charge on any atom is -0.382 e. The summed E-state index contributed by atoms with van der Waals surface area (Å²) in [5.41, 5.74) is 0.959. The summed E-state index contributed by atoms with van der Waals surface area (Å²) in [6, 6.07) is 3.94. The molecule has 0 amide bonds. The number of aryl methyl sites for hydroxylation is 1. The maximum Gasteiger partial charge on any atom is 0.416 e. The fourth-order valence-corrected chi connectivity index (χ4v) is 2.20. The van der Waals surface area contributed by atoms with Gasteiger partial charge in [-0.2, -0.15) is 13.2 Å². The highest BCUT2D eigenvalue weighted by Gasteiger charge is 2.31. The summed E-state index contributed by atoms with van der Waals surface area (Å²) in [7, 11) is 0. The lowest BCUT2D eigenvalue weighted by Crippen LogP contribution is -2.23. The molecule has 0 bridgehead atoms. The van der Waals surface area contributed by atoms with Crippen LogP contribution < -0.4 is 5.32 Å². The first-order valence-electron chi connectivity index (χ1n) is 6.89. The Morgan fingerprint density at radius 1 is 1.25 bits per heavy atom. The van der Waals surface area contributed by atoms with E-state index in [9.17, 15) is 13.2 Å². The third-order valence-corrected chi connectivity index (χ3v) is 3.18. The summed E-state index contributed by atoms with van der Waals surface area (Å²) in [5.74, 6) is 0. The molecule has 114 valence electrons. The average Bonchev–Trinajstić information content (AvgIpc) is 2.37.